The van der Waals surface area contributed by atoms with Crippen LogP contribution in [-0.2, 0) is 9.53 Å². The second kappa shape index (κ2) is 8.14. The van der Waals surface area contributed by atoms with Crippen molar-refractivity contribution in [1.29, 1.82) is 0 Å². The molecular formula is C17H34N2O2. The summed E-state index contributed by atoms with van der Waals surface area (Å²) in [4.78, 5) is 11.5. The van der Waals surface area contributed by atoms with Crippen LogP contribution in [0.25, 0.3) is 0 Å². The van der Waals surface area contributed by atoms with Gasteiger partial charge in [-0.05, 0) is 63.8 Å². The van der Waals surface area contributed by atoms with E-state index in [9.17, 15) is 4.79 Å². The van der Waals surface area contributed by atoms with Crippen LogP contribution < -0.4 is 11.1 Å². The van der Waals surface area contributed by atoms with E-state index in [1.807, 2.05) is 13.8 Å². The molecule has 0 aromatic heterocycles. The molecule has 1 aliphatic carbocycles. The van der Waals surface area contributed by atoms with Crippen LogP contribution in [0.2, 0.25) is 0 Å². The Hall–Kier alpha value is -0.610. The minimum Gasteiger partial charge on any atom is -0.378 e. The number of unbranched alkanes of at least 4 members (excludes halogenated alkanes) is 1. The lowest BCUT2D eigenvalue weighted by Gasteiger charge is -2.34. The first kappa shape index (κ1) is 18.4. The van der Waals surface area contributed by atoms with Gasteiger partial charge >= 0.3 is 0 Å². The molecule has 3 N–H and O–H groups in total. The Balaban J connectivity index is 2.15. The van der Waals surface area contributed by atoms with Gasteiger partial charge < -0.3 is 15.8 Å². The monoisotopic (exact) mass is 298 g/mol. The fourth-order valence-electron chi connectivity index (χ4n) is 3.06. The molecule has 1 unspecified atom stereocenters. The zero-order chi connectivity index (χ0) is 15.9. The van der Waals surface area contributed by atoms with Crippen LogP contribution in [0, 0.1) is 5.41 Å². The molecule has 1 atom stereocenters. The van der Waals surface area contributed by atoms with Gasteiger partial charge in [0.25, 0.3) is 0 Å². The van der Waals surface area contributed by atoms with E-state index >= 15 is 0 Å². The zero-order valence-electron chi connectivity index (χ0n) is 14.3. The number of hydrogen-bond acceptors (Lipinski definition) is 3. The molecule has 0 bridgehead atoms. The van der Waals surface area contributed by atoms with Gasteiger partial charge in [-0.1, -0.05) is 20.8 Å². The van der Waals surface area contributed by atoms with E-state index in [1.54, 1.807) is 0 Å². The molecular weight excluding hydrogens is 264 g/mol. The Bertz CT molecular complexity index is 321. The minimum atomic E-state index is -0.580. The Morgan fingerprint density at radius 3 is 2.48 bits per heavy atom. The highest BCUT2D eigenvalue weighted by Crippen LogP contribution is 2.36. The number of primary amides is 1. The quantitative estimate of drug-likeness (QED) is 0.643. The fourth-order valence-corrected chi connectivity index (χ4v) is 3.06. The van der Waals surface area contributed by atoms with Crippen molar-refractivity contribution in [1.82, 2.24) is 5.32 Å². The van der Waals surface area contributed by atoms with Crippen LogP contribution in [0.1, 0.15) is 72.6 Å². The summed E-state index contributed by atoms with van der Waals surface area (Å²) in [6.45, 7) is 10.1. The van der Waals surface area contributed by atoms with Crippen molar-refractivity contribution in [2.45, 2.75) is 84.3 Å². The number of carbonyl (C=O) groups excluding carboxylic acids is 1. The van der Waals surface area contributed by atoms with Crippen LogP contribution in [0.4, 0.5) is 0 Å². The van der Waals surface area contributed by atoms with Crippen LogP contribution in [0.15, 0.2) is 0 Å². The van der Waals surface area contributed by atoms with Crippen molar-refractivity contribution in [2.75, 3.05) is 13.2 Å². The second-order valence-corrected chi connectivity index (χ2v) is 7.42. The van der Waals surface area contributed by atoms with Crippen molar-refractivity contribution in [2.24, 2.45) is 11.1 Å². The number of ether oxygens (including phenoxy) is 1. The van der Waals surface area contributed by atoms with Crippen molar-refractivity contribution in [3.05, 3.63) is 0 Å². The first-order valence-corrected chi connectivity index (χ1v) is 8.45. The SMILES string of the molecule is CCNC(C)(CCCCOC1CCC(C)(C)CC1)C(N)=O. The van der Waals surface area contributed by atoms with E-state index < -0.39 is 5.54 Å². The maximum atomic E-state index is 11.5. The number of nitrogens with two attached hydrogens (primary N) is 1. The van der Waals surface area contributed by atoms with Gasteiger partial charge in [-0.2, -0.15) is 0 Å². The molecule has 0 aromatic carbocycles. The largest absolute Gasteiger partial charge is 0.378 e. The highest BCUT2D eigenvalue weighted by Gasteiger charge is 2.29. The average Bonchev–Trinajstić information content (AvgIpc) is 2.40. The molecule has 0 radical (unpaired) electrons. The van der Waals surface area contributed by atoms with Gasteiger partial charge in [0.1, 0.15) is 0 Å². The van der Waals surface area contributed by atoms with E-state index in [1.165, 1.54) is 25.7 Å². The molecule has 0 aliphatic heterocycles. The number of likely N-dealkylation sites (N-methyl/N-ethyl adjacent to an activating group) is 1. The van der Waals surface area contributed by atoms with Crippen LogP contribution in [-0.4, -0.2) is 30.7 Å². The molecule has 1 amide bonds. The standard InChI is InChI=1S/C17H34N2O2/c1-5-19-17(4,15(18)20)10-6-7-13-21-14-8-11-16(2,3)12-9-14/h14,19H,5-13H2,1-4H3,(H2,18,20). The molecule has 0 saturated heterocycles. The lowest BCUT2D eigenvalue weighted by molar-refractivity contribution is -0.124. The molecule has 4 heteroatoms. The van der Waals surface area contributed by atoms with Crippen molar-refractivity contribution in [3.8, 4) is 0 Å². The third kappa shape index (κ3) is 6.35. The Morgan fingerprint density at radius 1 is 1.33 bits per heavy atom. The summed E-state index contributed by atoms with van der Waals surface area (Å²) in [5.41, 5.74) is 5.40. The summed E-state index contributed by atoms with van der Waals surface area (Å²) in [6.07, 6.45) is 8.06. The summed E-state index contributed by atoms with van der Waals surface area (Å²) < 4.78 is 5.97. The molecule has 124 valence electrons. The minimum absolute atomic E-state index is 0.264. The summed E-state index contributed by atoms with van der Waals surface area (Å²) in [5, 5.41) is 3.19. The summed E-state index contributed by atoms with van der Waals surface area (Å²) in [6, 6.07) is 0. The summed E-state index contributed by atoms with van der Waals surface area (Å²) in [5.74, 6) is -0.264. The highest BCUT2D eigenvalue weighted by atomic mass is 16.5. The fraction of sp³-hybridized carbons (Fsp3) is 0.941. The summed E-state index contributed by atoms with van der Waals surface area (Å²) >= 11 is 0. The maximum absolute atomic E-state index is 11.5. The first-order chi connectivity index (χ1) is 9.79. The highest BCUT2D eigenvalue weighted by molar-refractivity contribution is 5.84. The third-order valence-corrected chi connectivity index (χ3v) is 4.82. The van der Waals surface area contributed by atoms with Gasteiger partial charge in [-0.15, -0.1) is 0 Å². The van der Waals surface area contributed by atoms with E-state index in [0.29, 0.717) is 11.5 Å². The molecule has 4 nitrogen and oxygen atoms in total. The Labute approximate surface area is 130 Å². The molecule has 1 rings (SSSR count). The van der Waals surface area contributed by atoms with Gasteiger partial charge in [-0.25, -0.2) is 0 Å². The second-order valence-electron chi connectivity index (χ2n) is 7.42. The third-order valence-electron chi connectivity index (χ3n) is 4.82. The number of rotatable bonds is 9. The average molecular weight is 298 g/mol. The molecule has 0 spiro atoms. The predicted molar refractivity (Wildman–Crippen MR) is 87.1 cm³/mol. The van der Waals surface area contributed by atoms with Crippen LogP contribution in [0.3, 0.4) is 0 Å². The normalized spacial score (nSPS) is 21.9. The molecule has 0 aromatic rings. The Kier molecular flexibility index (Phi) is 7.14. The van der Waals surface area contributed by atoms with Gasteiger partial charge in [0.05, 0.1) is 11.6 Å². The number of carbonyl (C=O) groups is 1. The number of hydrogen-bond donors (Lipinski definition) is 2. The first-order valence-electron chi connectivity index (χ1n) is 8.45. The van der Waals surface area contributed by atoms with Crippen molar-refractivity contribution in [3.63, 3.8) is 0 Å². The predicted octanol–water partition coefficient (Wildman–Crippen LogP) is 3.00. The summed E-state index contributed by atoms with van der Waals surface area (Å²) in [7, 11) is 0. The van der Waals surface area contributed by atoms with E-state index in [0.717, 1.165) is 32.4 Å². The Morgan fingerprint density at radius 2 is 1.95 bits per heavy atom. The molecule has 21 heavy (non-hydrogen) atoms. The van der Waals surface area contributed by atoms with Crippen molar-refractivity contribution >= 4 is 5.91 Å². The van der Waals surface area contributed by atoms with Gasteiger partial charge in [0, 0.05) is 6.61 Å². The van der Waals surface area contributed by atoms with E-state index in [2.05, 4.69) is 19.2 Å². The van der Waals surface area contributed by atoms with Gasteiger partial charge in [-0.3, -0.25) is 4.79 Å². The van der Waals surface area contributed by atoms with E-state index in [-0.39, 0.29) is 5.91 Å². The topological polar surface area (TPSA) is 64.3 Å². The van der Waals surface area contributed by atoms with Crippen LogP contribution >= 0.6 is 0 Å². The lowest BCUT2D eigenvalue weighted by Crippen LogP contribution is -2.53. The zero-order valence-corrected chi connectivity index (χ0v) is 14.3. The van der Waals surface area contributed by atoms with Gasteiger partial charge in [0.15, 0.2) is 0 Å². The molecule has 1 fully saturated rings. The van der Waals surface area contributed by atoms with E-state index in [4.69, 9.17) is 10.5 Å². The smallest absolute Gasteiger partial charge is 0.237 e. The van der Waals surface area contributed by atoms with Crippen LogP contribution in [0.5, 0.6) is 0 Å². The molecule has 0 heterocycles. The molecule has 1 saturated carbocycles. The lowest BCUT2D eigenvalue weighted by atomic mass is 9.76. The molecule has 1 aliphatic rings. The maximum Gasteiger partial charge on any atom is 0.237 e. The van der Waals surface area contributed by atoms with Gasteiger partial charge in [0.2, 0.25) is 5.91 Å². The number of nitrogens with one attached hydrogen (secondary N) is 1. The number of amides is 1. The van der Waals surface area contributed by atoms with Crippen molar-refractivity contribution < 1.29 is 9.53 Å².